The van der Waals surface area contributed by atoms with E-state index in [2.05, 4.69) is 9.88 Å². The number of ether oxygens (including phenoxy) is 1. The molecule has 2 atom stereocenters. The van der Waals surface area contributed by atoms with Crippen molar-refractivity contribution in [1.29, 1.82) is 0 Å². The van der Waals surface area contributed by atoms with Crippen molar-refractivity contribution in [3.63, 3.8) is 0 Å². The van der Waals surface area contributed by atoms with Crippen LogP contribution in [0.25, 0.3) is 0 Å². The van der Waals surface area contributed by atoms with E-state index in [-0.39, 0.29) is 24.4 Å². The maximum Gasteiger partial charge on any atom is 0.419 e. The largest absolute Gasteiger partial charge is 0.419 e. The smallest absolute Gasteiger partial charge is 0.378 e. The summed E-state index contributed by atoms with van der Waals surface area (Å²) in [6.45, 7) is 3.60. The molecule has 41 heavy (non-hydrogen) atoms. The molecule has 2 aliphatic heterocycles. The van der Waals surface area contributed by atoms with E-state index in [4.69, 9.17) is 27.9 Å². The summed E-state index contributed by atoms with van der Waals surface area (Å²) in [5.74, 6) is -0.909. The van der Waals surface area contributed by atoms with Gasteiger partial charge in [-0.3, -0.25) is 9.69 Å². The normalized spacial score (nSPS) is 19.7. The zero-order chi connectivity index (χ0) is 29.3. The first kappa shape index (κ1) is 29.6. The molecule has 3 heterocycles. The lowest BCUT2D eigenvalue weighted by Gasteiger charge is -2.29. The van der Waals surface area contributed by atoms with Crippen LogP contribution in [0.15, 0.2) is 54.7 Å². The molecule has 12 heteroatoms. The van der Waals surface area contributed by atoms with Crippen molar-refractivity contribution in [3.05, 3.63) is 92.8 Å². The summed E-state index contributed by atoms with van der Waals surface area (Å²) in [7, 11) is 1.80. The number of carbonyl (C=O) groups excluding carboxylic acids is 1. The van der Waals surface area contributed by atoms with Crippen LogP contribution in [0.2, 0.25) is 10.0 Å². The third kappa shape index (κ3) is 6.61. The number of likely N-dealkylation sites (tertiary alicyclic amines) is 1. The van der Waals surface area contributed by atoms with Crippen LogP contribution in [0.1, 0.15) is 33.0 Å². The number of likely N-dealkylation sites (N-methyl/N-ethyl adjacent to an activating group) is 1. The van der Waals surface area contributed by atoms with Gasteiger partial charge in [-0.25, -0.2) is 9.37 Å². The van der Waals surface area contributed by atoms with Crippen molar-refractivity contribution in [2.24, 2.45) is 0 Å². The van der Waals surface area contributed by atoms with Gasteiger partial charge in [-0.2, -0.15) is 13.2 Å². The molecule has 0 bridgehead atoms. The lowest BCUT2D eigenvalue weighted by atomic mass is 9.93. The number of hydrogen-bond donors (Lipinski definition) is 0. The van der Waals surface area contributed by atoms with Crippen LogP contribution >= 0.6 is 23.2 Å². The van der Waals surface area contributed by atoms with Gasteiger partial charge in [0.05, 0.1) is 34.4 Å². The molecule has 2 saturated heterocycles. The highest BCUT2D eigenvalue weighted by Gasteiger charge is 2.39. The zero-order valence-electron chi connectivity index (χ0n) is 22.2. The van der Waals surface area contributed by atoms with Crippen molar-refractivity contribution in [1.82, 2.24) is 14.8 Å². The summed E-state index contributed by atoms with van der Waals surface area (Å²) in [4.78, 5) is 23.8. The van der Waals surface area contributed by atoms with Crippen LogP contribution in [0.3, 0.4) is 0 Å². The Morgan fingerprint density at radius 1 is 1.05 bits per heavy atom. The summed E-state index contributed by atoms with van der Waals surface area (Å²) in [5, 5.41) is 0.779. The molecular formula is C29H28Cl2F4N4O2. The average molecular weight is 611 g/mol. The molecule has 0 saturated carbocycles. The first-order chi connectivity index (χ1) is 19.5. The van der Waals surface area contributed by atoms with Gasteiger partial charge in [0.25, 0.3) is 5.91 Å². The van der Waals surface area contributed by atoms with Gasteiger partial charge in [0.1, 0.15) is 11.6 Å². The number of rotatable bonds is 6. The lowest BCUT2D eigenvalue weighted by Crippen LogP contribution is -2.38. The SMILES string of the molecule is CN(Cc1ccc(C(F)(F)F)c(F)c1)[C@H]1CN(C(=O)c2ccc(N3CCOCC3)nc2)C[C@@H]1c1ccc(Cl)c(Cl)c1. The number of nitrogens with zero attached hydrogens (tertiary/aromatic N) is 4. The van der Waals surface area contributed by atoms with Crippen molar-refractivity contribution in [3.8, 4) is 0 Å². The number of aromatic nitrogens is 1. The Morgan fingerprint density at radius 2 is 1.80 bits per heavy atom. The fourth-order valence-electron chi connectivity index (χ4n) is 5.44. The molecule has 2 aliphatic rings. The van der Waals surface area contributed by atoms with E-state index >= 15 is 0 Å². The van der Waals surface area contributed by atoms with Gasteiger partial charge in [-0.05, 0) is 54.6 Å². The van der Waals surface area contributed by atoms with E-state index in [1.165, 1.54) is 6.07 Å². The predicted octanol–water partition coefficient (Wildman–Crippen LogP) is 6.12. The summed E-state index contributed by atoms with van der Waals surface area (Å²) in [5.41, 5.74) is 0.399. The molecule has 218 valence electrons. The molecule has 0 spiro atoms. The Morgan fingerprint density at radius 3 is 2.44 bits per heavy atom. The predicted molar refractivity (Wildman–Crippen MR) is 149 cm³/mol. The highest BCUT2D eigenvalue weighted by molar-refractivity contribution is 6.42. The number of anilines is 1. The molecule has 0 unspecified atom stereocenters. The molecule has 6 nitrogen and oxygen atoms in total. The first-order valence-electron chi connectivity index (χ1n) is 13.1. The summed E-state index contributed by atoms with van der Waals surface area (Å²) >= 11 is 12.5. The topological polar surface area (TPSA) is 48.9 Å². The Kier molecular flexibility index (Phi) is 8.75. The fraction of sp³-hybridized carbons (Fsp3) is 0.379. The van der Waals surface area contributed by atoms with Crippen LogP contribution in [-0.4, -0.2) is 73.2 Å². The lowest BCUT2D eigenvalue weighted by molar-refractivity contribution is -0.140. The molecule has 0 N–H and O–H groups in total. The van der Waals surface area contributed by atoms with E-state index in [1.807, 2.05) is 17.0 Å². The Bertz CT molecular complexity index is 1400. The molecular weight excluding hydrogens is 583 g/mol. The Hall–Kier alpha value is -2.92. The molecule has 5 rings (SSSR count). The van der Waals surface area contributed by atoms with E-state index in [0.717, 1.165) is 36.6 Å². The highest BCUT2D eigenvalue weighted by atomic mass is 35.5. The molecule has 2 fully saturated rings. The molecule has 1 amide bonds. The van der Waals surface area contributed by atoms with Gasteiger partial charge in [0, 0.05) is 50.9 Å². The van der Waals surface area contributed by atoms with E-state index in [1.54, 1.807) is 36.3 Å². The monoisotopic (exact) mass is 610 g/mol. The van der Waals surface area contributed by atoms with Crippen LogP contribution in [-0.2, 0) is 17.5 Å². The number of halogens is 6. The average Bonchev–Trinajstić information content (AvgIpc) is 3.40. The van der Waals surface area contributed by atoms with Crippen LogP contribution in [0.4, 0.5) is 23.4 Å². The van der Waals surface area contributed by atoms with Gasteiger partial charge in [0.2, 0.25) is 0 Å². The van der Waals surface area contributed by atoms with Gasteiger partial charge < -0.3 is 14.5 Å². The van der Waals surface area contributed by atoms with Gasteiger partial charge in [-0.15, -0.1) is 0 Å². The minimum atomic E-state index is -4.77. The number of benzene rings is 2. The van der Waals surface area contributed by atoms with Crippen LogP contribution in [0, 0.1) is 5.82 Å². The zero-order valence-corrected chi connectivity index (χ0v) is 23.7. The van der Waals surface area contributed by atoms with Crippen molar-refractivity contribution in [2.75, 3.05) is 51.3 Å². The summed E-state index contributed by atoms with van der Waals surface area (Å²) < 4.78 is 58.8. The minimum absolute atomic E-state index is 0.176. The maximum atomic E-state index is 14.3. The third-order valence-electron chi connectivity index (χ3n) is 7.61. The maximum absolute atomic E-state index is 14.3. The highest BCUT2D eigenvalue weighted by Crippen LogP contribution is 2.36. The molecule has 0 radical (unpaired) electrons. The van der Waals surface area contributed by atoms with Gasteiger partial charge >= 0.3 is 6.18 Å². The van der Waals surface area contributed by atoms with E-state index in [0.29, 0.717) is 47.5 Å². The standard InChI is InChI=1S/C29H28Cl2F4N4O2/c1-37(15-18-2-5-22(25(32)12-18)29(33,34)35)26-17-39(16-21(26)19-3-6-23(30)24(31)13-19)28(40)20-4-7-27(36-14-20)38-8-10-41-11-9-38/h2-7,12-14,21,26H,8-11,15-17H2,1H3/t21-,26+/m1/s1. The van der Waals surface area contributed by atoms with Crippen molar-refractivity contribution >= 4 is 34.9 Å². The molecule has 3 aromatic rings. The van der Waals surface area contributed by atoms with Crippen molar-refractivity contribution < 1.29 is 27.1 Å². The summed E-state index contributed by atoms with van der Waals surface area (Å²) in [6, 6.07) is 11.6. The minimum Gasteiger partial charge on any atom is -0.378 e. The molecule has 2 aromatic carbocycles. The third-order valence-corrected chi connectivity index (χ3v) is 8.35. The number of carbonyl (C=O) groups is 1. The quantitative estimate of drug-likeness (QED) is 0.315. The van der Waals surface area contributed by atoms with Gasteiger partial charge in [-0.1, -0.05) is 35.3 Å². The number of alkyl halides is 3. The second-order valence-electron chi connectivity index (χ2n) is 10.3. The number of hydrogen-bond acceptors (Lipinski definition) is 5. The fourth-order valence-corrected chi connectivity index (χ4v) is 5.74. The summed E-state index contributed by atoms with van der Waals surface area (Å²) in [6.07, 6.45) is -3.20. The Balaban J connectivity index is 1.37. The molecule has 1 aromatic heterocycles. The first-order valence-corrected chi connectivity index (χ1v) is 13.9. The second kappa shape index (κ2) is 12.1. The molecule has 0 aliphatic carbocycles. The van der Waals surface area contributed by atoms with Gasteiger partial charge in [0.15, 0.2) is 0 Å². The number of pyridine rings is 1. The van der Waals surface area contributed by atoms with Crippen molar-refractivity contribution in [2.45, 2.75) is 24.7 Å². The van der Waals surface area contributed by atoms with Crippen LogP contribution < -0.4 is 4.90 Å². The number of amides is 1. The number of morpholine rings is 1. The second-order valence-corrected chi connectivity index (χ2v) is 11.1. The van der Waals surface area contributed by atoms with E-state index in [9.17, 15) is 22.4 Å². The van der Waals surface area contributed by atoms with E-state index < -0.39 is 17.6 Å². The van der Waals surface area contributed by atoms with Crippen LogP contribution in [0.5, 0.6) is 0 Å². The Labute approximate surface area is 245 Å².